The Bertz CT molecular complexity index is 1120. The third kappa shape index (κ3) is 7.14. The van der Waals surface area contributed by atoms with Crippen molar-refractivity contribution in [2.75, 3.05) is 57.7 Å². The van der Waals surface area contributed by atoms with Crippen LogP contribution in [-0.2, 0) is 16.0 Å². The number of carboxylic acid groups (broad SMARTS) is 1. The quantitative estimate of drug-likeness (QED) is 0.566. The number of pyridine rings is 1. The highest BCUT2D eigenvalue weighted by atomic mass is 16.4. The van der Waals surface area contributed by atoms with Crippen LogP contribution >= 0.6 is 0 Å². The Morgan fingerprint density at radius 1 is 1.00 bits per heavy atom. The van der Waals surface area contributed by atoms with Gasteiger partial charge in [0, 0.05) is 51.4 Å². The first-order valence-corrected chi connectivity index (χ1v) is 13.1. The number of carboxylic acids is 1. The molecular formula is C28H37N5O4. The number of aryl methyl sites for hydroxylation is 1. The number of carbonyl (C=O) groups excluding carboxylic acids is 2. The van der Waals surface area contributed by atoms with Crippen molar-refractivity contribution in [2.24, 2.45) is 5.92 Å². The van der Waals surface area contributed by atoms with Gasteiger partial charge >= 0.3 is 5.97 Å². The Balaban J connectivity index is 1.37. The van der Waals surface area contributed by atoms with Crippen LogP contribution in [-0.4, -0.2) is 94.9 Å². The van der Waals surface area contributed by atoms with Crippen LogP contribution < -0.4 is 5.32 Å². The molecule has 0 atom stereocenters. The van der Waals surface area contributed by atoms with Crippen molar-refractivity contribution in [3.63, 3.8) is 0 Å². The molecular weight excluding hydrogens is 470 g/mol. The van der Waals surface area contributed by atoms with Gasteiger partial charge in [0.05, 0.1) is 12.2 Å². The van der Waals surface area contributed by atoms with E-state index >= 15 is 0 Å². The first kappa shape index (κ1) is 26.8. The van der Waals surface area contributed by atoms with E-state index in [1.165, 1.54) is 12.5 Å². The number of aliphatic carboxylic acids is 1. The molecule has 2 saturated heterocycles. The molecule has 2 aliphatic heterocycles. The maximum Gasteiger partial charge on any atom is 0.317 e. The highest BCUT2D eigenvalue weighted by Crippen LogP contribution is 2.26. The Morgan fingerprint density at radius 3 is 2.38 bits per heavy atom. The van der Waals surface area contributed by atoms with Gasteiger partial charge in [-0.1, -0.05) is 31.2 Å². The maximum absolute atomic E-state index is 13.4. The molecule has 2 N–H and O–H groups in total. The van der Waals surface area contributed by atoms with Crippen LogP contribution in [0, 0.1) is 5.92 Å². The minimum Gasteiger partial charge on any atom is -0.480 e. The molecule has 0 unspecified atom stereocenters. The molecule has 2 aromatic rings. The Morgan fingerprint density at radius 2 is 1.73 bits per heavy atom. The summed E-state index contributed by atoms with van der Waals surface area (Å²) in [7, 11) is 0. The van der Waals surface area contributed by atoms with E-state index in [1.807, 2.05) is 28.0 Å². The largest absolute Gasteiger partial charge is 0.480 e. The number of nitrogens with zero attached hydrogens (tertiary/aromatic N) is 4. The lowest BCUT2D eigenvalue weighted by atomic mass is 9.96. The summed E-state index contributed by atoms with van der Waals surface area (Å²) in [5.41, 5.74) is 3.77. The van der Waals surface area contributed by atoms with Crippen molar-refractivity contribution >= 4 is 23.5 Å². The zero-order chi connectivity index (χ0) is 26.4. The Hall–Kier alpha value is -3.30. The van der Waals surface area contributed by atoms with Crippen LogP contribution in [0.2, 0.25) is 0 Å². The van der Waals surface area contributed by atoms with Crippen molar-refractivity contribution in [3.05, 3.63) is 47.8 Å². The number of piperidine rings is 1. The number of amides is 2. The molecule has 3 heterocycles. The van der Waals surface area contributed by atoms with Crippen LogP contribution in [0.15, 0.2) is 36.5 Å². The van der Waals surface area contributed by atoms with Crippen LogP contribution in [0.3, 0.4) is 0 Å². The molecule has 4 rings (SSSR count). The highest BCUT2D eigenvalue weighted by molar-refractivity contribution is 6.02. The number of anilines is 1. The van der Waals surface area contributed by atoms with E-state index in [1.54, 1.807) is 6.20 Å². The molecule has 0 radical (unpaired) electrons. The molecule has 1 aromatic carbocycles. The summed E-state index contributed by atoms with van der Waals surface area (Å²) < 4.78 is 0. The fourth-order valence-electron chi connectivity index (χ4n) is 5.22. The fraction of sp³-hybridized carbons (Fsp3) is 0.500. The average Bonchev–Trinajstić information content (AvgIpc) is 2.89. The van der Waals surface area contributed by atoms with Crippen molar-refractivity contribution < 1.29 is 19.5 Å². The predicted molar refractivity (Wildman–Crippen MR) is 142 cm³/mol. The summed E-state index contributed by atoms with van der Waals surface area (Å²) >= 11 is 0. The molecule has 0 bridgehead atoms. The van der Waals surface area contributed by atoms with Crippen molar-refractivity contribution in [2.45, 2.75) is 33.1 Å². The molecule has 9 heteroatoms. The summed E-state index contributed by atoms with van der Waals surface area (Å²) in [6, 6.07) is 10.0. The zero-order valence-electron chi connectivity index (χ0n) is 21.8. The SMILES string of the molecule is CCc1cccc(-c2cnc(C(=O)N3CCN(CC4CCN(CC(=O)O)CC4)CC3)c(NC(C)=O)c2)c1. The van der Waals surface area contributed by atoms with E-state index in [4.69, 9.17) is 5.11 Å². The fourth-order valence-corrected chi connectivity index (χ4v) is 5.22. The number of likely N-dealkylation sites (tertiary alicyclic amines) is 1. The summed E-state index contributed by atoms with van der Waals surface area (Å²) in [6.45, 7) is 9.08. The van der Waals surface area contributed by atoms with Crippen LogP contribution in [0.1, 0.15) is 42.7 Å². The summed E-state index contributed by atoms with van der Waals surface area (Å²) in [4.78, 5) is 47.0. The molecule has 0 saturated carbocycles. The minimum absolute atomic E-state index is 0.119. The first-order valence-electron chi connectivity index (χ1n) is 13.1. The number of hydrogen-bond acceptors (Lipinski definition) is 6. The van der Waals surface area contributed by atoms with Gasteiger partial charge in [-0.3, -0.25) is 24.2 Å². The number of aromatic nitrogens is 1. The van der Waals surface area contributed by atoms with E-state index < -0.39 is 5.97 Å². The monoisotopic (exact) mass is 507 g/mol. The van der Waals surface area contributed by atoms with Gasteiger partial charge in [-0.15, -0.1) is 0 Å². The standard InChI is InChI=1S/C28H37N5O4/c1-3-21-5-4-6-23(15-21)24-16-25(30-20(2)34)27(29-17-24)28(37)33-13-11-32(12-14-33)18-22-7-9-31(10-8-22)19-26(35)36/h4-6,15-17,22H,3,7-14,18-19H2,1-2H3,(H,30,34)(H,35,36). The maximum atomic E-state index is 13.4. The highest BCUT2D eigenvalue weighted by Gasteiger charge is 2.28. The van der Waals surface area contributed by atoms with Gasteiger partial charge in [-0.25, -0.2) is 4.98 Å². The smallest absolute Gasteiger partial charge is 0.317 e. The van der Waals surface area contributed by atoms with Crippen LogP contribution in [0.25, 0.3) is 11.1 Å². The molecule has 2 fully saturated rings. The number of rotatable bonds is 8. The number of nitrogens with one attached hydrogen (secondary N) is 1. The normalized spacial score (nSPS) is 17.5. The zero-order valence-corrected chi connectivity index (χ0v) is 21.8. The second-order valence-corrected chi connectivity index (χ2v) is 10.1. The van der Waals surface area contributed by atoms with Gasteiger partial charge < -0.3 is 15.3 Å². The van der Waals surface area contributed by atoms with Gasteiger partial charge in [0.1, 0.15) is 0 Å². The Kier molecular flexibility index (Phi) is 8.89. The topological polar surface area (TPSA) is 106 Å². The third-order valence-corrected chi connectivity index (χ3v) is 7.31. The number of piperazine rings is 1. The molecule has 0 aliphatic carbocycles. The second kappa shape index (κ2) is 12.3. The summed E-state index contributed by atoms with van der Waals surface area (Å²) in [5.74, 6) is -0.622. The van der Waals surface area contributed by atoms with E-state index in [2.05, 4.69) is 34.3 Å². The Labute approximate surface area is 218 Å². The number of benzene rings is 1. The van der Waals surface area contributed by atoms with Crippen molar-refractivity contribution in [3.8, 4) is 11.1 Å². The van der Waals surface area contributed by atoms with Crippen molar-refractivity contribution in [1.29, 1.82) is 0 Å². The lowest BCUT2D eigenvalue weighted by Gasteiger charge is -2.38. The second-order valence-electron chi connectivity index (χ2n) is 10.1. The minimum atomic E-state index is -0.768. The molecule has 2 amide bonds. The first-order chi connectivity index (χ1) is 17.8. The van der Waals surface area contributed by atoms with Gasteiger partial charge in [0.15, 0.2) is 5.69 Å². The van der Waals surface area contributed by atoms with Crippen LogP contribution in [0.5, 0.6) is 0 Å². The van der Waals surface area contributed by atoms with E-state index in [9.17, 15) is 14.4 Å². The van der Waals surface area contributed by atoms with Gasteiger partial charge in [-0.2, -0.15) is 0 Å². The molecule has 2 aliphatic rings. The molecule has 9 nitrogen and oxygen atoms in total. The molecule has 0 spiro atoms. The predicted octanol–water partition coefficient (Wildman–Crippen LogP) is 2.82. The summed E-state index contributed by atoms with van der Waals surface area (Å²) in [5, 5.41) is 11.8. The molecule has 37 heavy (non-hydrogen) atoms. The van der Waals surface area contributed by atoms with E-state index in [0.29, 0.717) is 24.7 Å². The molecule has 198 valence electrons. The third-order valence-electron chi connectivity index (χ3n) is 7.31. The van der Waals surface area contributed by atoms with Crippen LogP contribution in [0.4, 0.5) is 5.69 Å². The number of hydrogen-bond donors (Lipinski definition) is 2. The van der Waals surface area contributed by atoms with Gasteiger partial charge in [-0.05, 0) is 55.5 Å². The molecule has 1 aromatic heterocycles. The van der Waals surface area contributed by atoms with Gasteiger partial charge in [0.2, 0.25) is 5.91 Å². The number of carbonyl (C=O) groups is 3. The van der Waals surface area contributed by atoms with Gasteiger partial charge in [0.25, 0.3) is 5.91 Å². The van der Waals surface area contributed by atoms with E-state index in [-0.39, 0.29) is 24.1 Å². The summed E-state index contributed by atoms with van der Waals surface area (Å²) in [6.07, 6.45) is 4.64. The lowest BCUT2D eigenvalue weighted by Crippen LogP contribution is -2.50. The average molecular weight is 508 g/mol. The van der Waals surface area contributed by atoms with E-state index in [0.717, 1.165) is 63.1 Å². The van der Waals surface area contributed by atoms with Crippen molar-refractivity contribution in [1.82, 2.24) is 19.7 Å². The lowest BCUT2D eigenvalue weighted by molar-refractivity contribution is -0.138.